The SMILES string of the molecule is CCOC(=O)c1ccc(N2C[C@H](C)C[C@H](C)C2)c(N)c1. The van der Waals surface area contributed by atoms with E-state index >= 15 is 0 Å². The van der Waals surface area contributed by atoms with Gasteiger partial charge in [-0.15, -0.1) is 0 Å². The normalized spacial score (nSPS) is 22.6. The summed E-state index contributed by atoms with van der Waals surface area (Å²) in [6.45, 7) is 8.76. The van der Waals surface area contributed by atoms with Crippen LogP contribution in [0.2, 0.25) is 0 Å². The minimum Gasteiger partial charge on any atom is -0.462 e. The highest BCUT2D eigenvalue weighted by Gasteiger charge is 2.23. The molecule has 1 aromatic rings. The number of carbonyl (C=O) groups excluding carboxylic acids is 1. The van der Waals surface area contributed by atoms with Crippen molar-refractivity contribution in [1.29, 1.82) is 0 Å². The molecule has 2 atom stereocenters. The number of nitrogen functional groups attached to an aromatic ring is 1. The third-order valence-corrected chi connectivity index (χ3v) is 3.75. The first kappa shape index (κ1) is 14.7. The van der Waals surface area contributed by atoms with Crippen LogP contribution in [0.3, 0.4) is 0 Å². The van der Waals surface area contributed by atoms with Crippen molar-refractivity contribution >= 4 is 17.3 Å². The van der Waals surface area contributed by atoms with Crippen LogP contribution in [-0.2, 0) is 4.74 Å². The van der Waals surface area contributed by atoms with Gasteiger partial charge in [-0.25, -0.2) is 4.79 Å². The van der Waals surface area contributed by atoms with Crippen LogP contribution in [0.5, 0.6) is 0 Å². The predicted octanol–water partition coefficient (Wildman–Crippen LogP) is 2.93. The zero-order valence-electron chi connectivity index (χ0n) is 12.6. The fraction of sp³-hybridized carbons (Fsp3) is 0.562. The van der Waals surface area contributed by atoms with Gasteiger partial charge < -0.3 is 15.4 Å². The van der Waals surface area contributed by atoms with E-state index < -0.39 is 0 Å². The number of ether oxygens (including phenoxy) is 1. The van der Waals surface area contributed by atoms with Gasteiger partial charge in [-0.3, -0.25) is 0 Å². The van der Waals surface area contributed by atoms with Gasteiger partial charge in [0.2, 0.25) is 0 Å². The van der Waals surface area contributed by atoms with Crippen LogP contribution in [0.1, 0.15) is 37.6 Å². The second-order valence-corrected chi connectivity index (χ2v) is 5.85. The minimum absolute atomic E-state index is 0.314. The summed E-state index contributed by atoms with van der Waals surface area (Å²) in [6, 6.07) is 5.46. The molecule has 0 amide bonds. The highest BCUT2D eigenvalue weighted by molar-refractivity contribution is 5.92. The molecule has 4 heteroatoms. The summed E-state index contributed by atoms with van der Waals surface area (Å²) in [7, 11) is 0. The molecular formula is C16H24N2O2. The molecule has 1 heterocycles. The van der Waals surface area contributed by atoms with Gasteiger partial charge >= 0.3 is 5.97 Å². The Morgan fingerprint density at radius 1 is 1.35 bits per heavy atom. The molecule has 1 fully saturated rings. The average Bonchev–Trinajstić information content (AvgIpc) is 2.37. The van der Waals surface area contributed by atoms with E-state index in [0.29, 0.717) is 29.7 Å². The van der Waals surface area contributed by atoms with Gasteiger partial charge in [-0.1, -0.05) is 13.8 Å². The van der Waals surface area contributed by atoms with Crippen LogP contribution in [0.4, 0.5) is 11.4 Å². The lowest BCUT2D eigenvalue weighted by Gasteiger charge is -2.37. The maximum Gasteiger partial charge on any atom is 0.338 e. The van der Waals surface area contributed by atoms with Crippen molar-refractivity contribution in [2.24, 2.45) is 11.8 Å². The number of benzene rings is 1. The van der Waals surface area contributed by atoms with Crippen molar-refractivity contribution in [2.45, 2.75) is 27.2 Å². The molecule has 0 bridgehead atoms. The van der Waals surface area contributed by atoms with E-state index in [9.17, 15) is 4.79 Å². The number of esters is 1. The zero-order chi connectivity index (χ0) is 14.7. The lowest BCUT2D eigenvalue weighted by atomic mass is 9.91. The molecular weight excluding hydrogens is 252 g/mol. The molecule has 0 saturated carbocycles. The lowest BCUT2D eigenvalue weighted by molar-refractivity contribution is 0.0526. The van der Waals surface area contributed by atoms with Crippen molar-refractivity contribution < 1.29 is 9.53 Å². The first-order chi connectivity index (χ1) is 9.51. The number of hydrogen-bond donors (Lipinski definition) is 1. The Kier molecular flexibility index (Phi) is 4.53. The molecule has 1 aliphatic heterocycles. The van der Waals surface area contributed by atoms with Crippen molar-refractivity contribution in [1.82, 2.24) is 0 Å². The van der Waals surface area contributed by atoms with Gasteiger partial charge in [0.25, 0.3) is 0 Å². The quantitative estimate of drug-likeness (QED) is 0.681. The number of hydrogen-bond acceptors (Lipinski definition) is 4. The standard InChI is InChI=1S/C16H24N2O2/c1-4-20-16(19)13-5-6-15(14(17)8-13)18-9-11(2)7-12(3)10-18/h5-6,8,11-12H,4,7,9-10,17H2,1-3H3/t11-,12+. The number of piperidine rings is 1. The Balaban J connectivity index is 2.19. The Hall–Kier alpha value is -1.71. The summed E-state index contributed by atoms with van der Waals surface area (Å²) in [5.74, 6) is 1.02. The molecule has 0 aliphatic carbocycles. The summed E-state index contributed by atoms with van der Waals surface area (Å²) in [6.07, 6.45) is 1.26. The van der Waals surface area contributed by atoms with Crippen LogP contribution >= 0.6 is 0 Å². The third kappa shape index (κ3) is 3.24. The summed E-state index contributed by atoms with van der Waals surface area (Å²) < 4.78 is 4.99. The van der Waals surface area contributed by atoms with E-state index in [0.717, 1.165) is 18.8 Å². The fourth-order valence-electron chi connectivity index (χ4n) is 3.04. The van der Waals surface area contributed by atoms with Gasteiger partial charge in [0, 0.05) is 13.1 Å². The lowest BCUT2D eigenvalue weighted by Crippen LogP contribution is -2.39. The topological polar surface area (TPSA) is 55.6 Å². The minimum atomic E-state index is -0.314. The average molecular weight is 276 g/mol. The Morgan fingerprint density at radius 2 is 2.00 bits per heavy atom. The smallest absolute Gasteiger partial charge is 0.338 e. The van der Waals surface area contributed by atoms with Crippen LogP contribution in [0.25, 0.3) is 0 Å². The first-order valence-electron chi connectivity index (χ1n) is 7.32. The second kappa shape index (κ2) is 6.16. The zero-order valence-corrected chi connectivity index (χ0v) is 12.6. The van der Waals surface area contributed by atoms with Gasteiger partial charge in [-0.05, 0) is 43.4 Å². The molecule has 0 aromatic heterocycles. The van der Waals surface area contributed by atoms with Crippen molar-refractivity contribution in [3.05, 3.63) is 23.8 Å². The number of rotatable bonds is 3. The first-order valence-corrected chi connectivity index (χ1v) is 7.32. The second-order valence-electron chi connectivity index (χ2n) is 5.85. The van der Waals surface area contributed by atoms with E-state index in [1.807, 2.05) is 6.07 Å². The Labute approximate surface area is 120 Å². The molecule has 4 nitrogen and oxygen atoms in total. The van der Waals surface area contributed by atoms with Gasteiger partial charge in [0.15, 0.2) is 0 Å². The van der Waals surface area contributed by atoms with E-state index in [-0.39, 0.29) is 5.97 Å². The highest BCUT2D eigenvalue weighted by atomic mass is 16.5. The molecule has 2 N–H and O–H groups in total. The highest BCUT2D eigenvalue weighted by Crippen LogP contribution is 2.30. The molecule has 2 rings (SSSR count). The van der Waals surface area contributed by atoms with Gasteiger partial charge in [0.05, 0.1) is 23.5 Å². The third-order valence-electron chi connectivity index (χ3n) is 3.75. The van der Waals surface area contributed by atoms with Gasteiger partial charge in [0.1, 0.15) is 0 Å². The van der Waals surface area contributed by atoms with Crippen LogP contribution in [0, 0.1) is 11.8 Å². The van der Waals surface area contributed by atoms with Crippen molar-refractivity contribution in [2.75, 3.05) is 30.3 Å². The predicted molar refractivity (Wildman–Crippen MR) is 82.0 cm³/mol. The van der Waals surface area contributed by atoms with E-state index in [1.165, 1.54) is 6.42 Å². The molecule has 0 unspecified atom stereocenters. The number of anilines is 2. The Morgan fingerprint density at radius 3 is 2.55 bits per heavy atom. The van der Waals surface area contributed by atoms with E-state index in [1.54, 1.807) is 19.1 Å². The van der Waals surface area contributed by atoms with E-state index in [4.69, 9.17) is 10.5 Å². The number of nitrogens with zero attached hydrogens (tertiary/aromatic N) is 1. The van der Waals surface area contributed by atoms with Gasteiger partial charge in [-0.2, -0.15) is 0 Å². The van der Waals surface area contributed by atoms with E-state index in [2.05, 4.69) is 18.7 Å². The molecule has 20 heavy (non-hydrogen) atoms. The van der Waals surface area contributed by atoms with Crippen LogP contribution in [0.15, 0.2) is 18.2 Å². The van der Waals surface area contributed by atoms with Crippen LogP contribution < -0.4 is 10.6 Å². The Bertz CT molecular complexity index is 477. The number of carbonyl (C=O) groups is 1. The maximum atomic E-state index is 11.7. The van der Waals surface area contributed by atoms with Crippen molar-refractivity contribution in [3.8, 4) is 0 Å². The summed E-state index contributed by atoms with van der Waals surface area (Å²) in [4.78, 5) is 14.0. The molecule has 0 spiro atoms. The monoisotopic (exact) mass is 276 g/mol. The molecule has 0 radical (unpaired) electrons. The number of nitrogens with two attached hydrogens (primary N) is 1. The summed E-state index contributed by atoms with van der Waals surface area (Å²) in [5.41, 5.74) is 8.32. The van der Waals surface area contributed by atoms with Crippen molar-refractivity contribution in [3.63, 3.8) is 0 Å². The molecule has 1 aliphatic rings. The van der Waals surface area contributed by atoms with Crippen LogP contribution in [-0.4, -0.2) is 25.7 Å². The summed E-state index contributed by atoms with van der Waals surface area (Å²) >= 11 is 0. The maximum absolute atomic E-state index is 11.7. The molecule has 1 saturated heterocycles. The molecule has 1 aromatic carbocycles. The largest absolute Gasteiger partial charge is 0.462 e. The summed E-state index contributed by atoms with van der Waals surface area (Å²) in [5, 5.41) is 0. The fourth-order valence-corrected chi connectivity index (χ4v) is 3.04. The molecule has 110 valence electrons.